The topological polar surface area (TPSA) is 59.1 Å². The van der Waals surface area contributed by atoms with Gasteiger partial charge in [0.2, 0.25) is 0 Å². The average Bonchev–Trinajstić information content (AvgIpc) is 2.68. The quantitative estimate of drug-likeness (QED) is 0.626. The van der Waals surface area contributed by atoms with Crippen LogP contribution in [0.4, 0.5) is 16.0 Å². The van der Waals surface area contributed by atoms with Crippen molar-refractivity contribution in [2.45, 2.75) is 19.9 Å². The van der Waals surface area contributed by atoms with Crippen LogP contribution >= 0.6 is 0 Å². The molecule has 0 aliphatic rings. The number of methoxy groups -OCH3 is 1. The summed E-state index contributed by atoms with van der Waals surface area (Å²) in [6.07, 6.45) is 0.785. The third-order valence-electron chi connectivity index (χ3n) is 4.12. The van der Waals surface area contributed by atoms with Crippen molar-refractivity contribution in [1.29, 1.82) is 0 Å². The molecule has 0 radical (unpaired) electrons. The fourth-order valence-corrected chi connectivity index (χ4v) is 2.77. The molecule has 0 aliphatic carbocycles. The second-order valence-electron chi connectivity index (χ2n) is 6.15. The summed E-state index contributed by atoms with van der Waals surface area (Å²) in [4.78, 5) is 8.86. The summed E-state index contributed by atoms with van der Waals surface area (Å²) < 4.78 is 18.3. The Balaban J connectivity index is 1.59. The summed E-state index contributed by atoms with van der Waals surface area (Å²) in [5.41, 5.74) is 2.13. The van der Waals surface area contributed by atoms with E-state index < -0.39 is 0 Å². The molecule has 1 heterocycles. The lowest BCUT2D eigenvalue weighted by atomic mass is 10.1. The Kier molecular flexibility index (Phi) is 6.20. The Labute approximate surface area is 158 Å². The van der Waals surface area contributed by atoms with E-state index in [1.165, 1.54) is 12.1 Å². The number of anilines is 2. The van der Waals surface area contributed by atoms with Crippen LogP contribution in [0.15, 0.2) is 54.6 Å². The smallest absolute Gasteiger partial charge is 0.132 e. The predicted molar refractivity (Wildman–Crippen MR) is 106 cm³/mol. The van der Waals surface area contributed by atoms with Gasteiger partial charge in [-0.25, -0.2) is 14.4 Å². The van der Waals surface area contributed by atoms with E-state index in [9.17, 15) is 4.39 Å². The molecule has 5 nitrogen and oxygen atoms in total. The minimum Gasteiger partial charge on any atom is -0.496 e. The first-order chi connectivity index (χ1) is 13.1. The first-order valence-corrected chi connectivity index (χ1v) is 8.84. The maximum absolute atomic E-state index is 13.0. The van der Waals surface area contributed by atoms with Crippen LogP contribution in [0.25, 0.3) is 0 Å². The molecule has 0 bridgehead atoms. The number of aromatic nitrogens is 2. The number of para-hydroxylation sites is 1. The van der Waals surface area contributed by atoms with Crippen LogP contribution in [-0.4, -0.2) is 23.6 Å². The monoisotopic (exact) mass is 366 g/mol. The molecular weight excluding hydrogens is 343 g/mol. The SMILES string of the molecule is COc1ccccc1CNc1cc(NCCc2ccc(F)cc2)nc(C)n1. The minimum absolute atomic E-state index is 0.219. The van der Waals surface area contributed by atoms with Gasteiger partial charge in [0, 0.05) is 24.7 Å². The van der Waals surface area contributed by atoms with Crippen LogP contribution in [0.2, 0.25) is 0 Å². The molecule has 0 saturated carbocycles. The summed E-state index contributed by atoms with van der Waals surface area (Å²) in [6.45, 7) is 3.17. The van der Waals surface area contributed by atoms with E-state index in [2.05, 4.69) is 20.6 Å². The fraction of sp³-hybridized carbons (Fsp3) is 0.238. The molecule has 0 amide bonds. The van der Waals surface area contributed by atoms with Crippen molar-refractivity contribution in [2.24, 2.45) is 0 Å². The lowest BCUT2D eigenvalue weighted by Gasteiger charge is -2.12. The second-order valence-corrected chi connectivity index (χ2v) is 6.15. The van der Waals surface area contributed by atoms with Crippen LogP contribution in [0.5, 0.6) is 5.75 Å². The molecule has 27 heavy (non-hydrogen) atoms. The van der Waals surface area contributed by atoms with Gasteiger partial charge < -0.3 is 15.4 Å². The van der Waals surface area contributed by atoms with Gasteiger partial charge in [0.25, 0.3) is 0 Å². The van der Waals surface area contributed by atoms with Crippen molar-refractivity contribution >= 4 is 11.6 Å². The van der Waals surface area contributed by atoms with Gasteiger partial charge in [0.05, 0.1) is 7.11 Å². The molecule has 1 aromatic heterocycles. The molecule has 3 aromatic rings. The van der Waals surface area contributed by atoms with Crippen LogP contribution < -0.4 is 15.4 Å². The average molecular weight is 366 g/mol. The van der Waals surface area contributed by atoms with Crippen LogP contribution in [0, 0.1) is 12.7 Å². The molecular formula is C21H23FN4O. The maximum atomic E-state index is 13.0. The van der Waals surface area contributed by atoms with E-state index >= 15 is 0 Å². The van der Waals surface area contributed by atoms with Gasteiger partial charge in [-0.3, -0.25) is 0 Å². The Hall–Kier alpha value is -3.15. The highest BCUT2D eigenvalue weighted by molar-refractivity contribution is 5.48. The van der Waals surface area contributed by atoms with E-state index in [1.54, 1.807) is 19.2 Å². The number of ether oxygens (including phenoxy) is 1. The highest BCUT2D eigenvalue weighted by atomic mass is 19.1. The third kappa shape index (κ3) is 5.41. The van der Waals surface area contributed by atoms with Gasteiger partial charge in [-0.05, 0) is 37.1 Å². The van der Waals surface area contributed by atoms with Crippen molar-refractivity contribution < 1.29 is 9.13 Å². The number of nitrogens with zero attached hydrogens (tertiary/aromatic N) is 2. The van der Waals surface area contributed by atoms with Crippen LogP contribution in [0.1, 0.15) is 17.0 Å². The van der Waals surface area contributed by atoms with Gasteiger partial charge in [-0.15, -0.1) is 0 Å². The normalized spacial score (nSPS) is 10.5. The second kappa shape index (κ2) is 8.98. The van der Waals surface area contributed by atoms with Crippen molar-refractivity contribution in [3.05, 3.63) is 77.4 Å². The molecule has 6 heteroatoms. The molecule has 2 N–H and O–H groups in total. The molecule has 0 atom stereocenters. The number of rotatable bonds is 8. The minimum atomic E-state index is -0.219. The number of benzene rings is 2. The van der Waals surface area contributed by atoms with Gasteiger partial charge in [0.1, 0.15) is 29.0 Å². The predicted octanol–water partition coefficient (Wildman–Crippen LogP) is 4.20. The summed E-state index contributed by atoms with van der Waals surface area (Å²) in [7, 11) is 1.66. The molecule has 0 saturated heterocycles. The van der Waals surface area contributed by atoms with Gasteiger partial charge in [0.15, 0.2) is 0 Å². The summed E-state index contributed by atoms with van der Waals surface area (Å²) >= 11 is 0. The van der Waals surface area contributed by atoms with Crippen molar-refractivity contribution in [1.82, 2.24) is 9.97 Å². The zero-order valence-corrected chi connectivity index (χ0v) is 15.5. The molecule has 0 fully saturated rings. The summed E-state index contributed by atoms with van der Waals surface area (Å²) in [5.74, 6) is 2.81. The number of hydrogen-bond donors (Lipinski definition) is 2. The highest BCUT2D eigenvalue weighted by Gasteiger charge is 2.05. The largest absolute Gasteiger partial charge is 0.496 e. The first kappa shape index (κ1) is 18.6. The molecule has 0 unspecified atom stereocenters. The van der Waals surface area contributed by atoms with E-state index in [0.29, 0.717) is 18.9 Å². The third-order valence-corrected chi connectivity index (χ3v) is 4.12. The molecule has 3 rings (SSSR count). The van der Waals surface area contributed by atoms with E-state index in [0.717, 1.165) is 34.9 Å². The maximum Gasteiger partial charge on any atom is 0.132 e. The van der Waals surface area contributed by atoms with Gasteiger partial charge >= 0.3 is 0 Å². The number of nitrogens with one attached hydrogen (secondary N) is 2. The summed E-state index contributed by atoms with van der Waals surface area (Å²) in [5, 5.41) is 6.62. The van der Waals surface area contributed by atoms with Crippen LogP contribution in [-0.2, 0) is 13.0 Å². The number of aryl methyl sites for hydroxylation is 1. The zero-order chi connectivity index (χ0) is 19.1. The Morgan fingerprint density at radius 2 is 1.67 bits per heavy atom. The van der Waals surface area contributed by atoms with E-state index in [4.69, 9.17) is 4.74 Å². The van der Waals surface area contributed by atoms with Crippen molar-refractivity contribution in [3.63, 3.8) is 0 Å². The zero-order valence-electron chi connectivity index (χ0n) is 15.5. The molecule has 0 spiro atoms. The molecule has 140 valence electrons. The van der Waals surface area contributed by atoms with Crippen molar-refractivity contribution in [3.8, 4) is 5.75 Å². The van der Waals surface area contributed by atoms with Crippen LogP contribution in [0.3, 0.4) is 0 Å². The highest BCUT2D eigenvalue weighted by Crippen LogP contribution is 2.19. The van der Waals surface area contributed by atoms with Gasteiger partial charge in [-0.2, -0.15) is 0 Å². The Morgan fingerprint density at radius 1 is 0.963 bits per heavy atom. The Bertz CT molecular complexity index is 884. The fourth-order valence-electron chi connectivity index (χ4n) is 2.77. The van der Waals surface area contributed by atoms with E-state index in [1.807, 2.05) is 37.3 Å². The lowest BCUT2D eigenvalue weighted by molar-refractivity contribution is 0.410. The Morgan fingerprint density at radius 3 is 2.41 bits per heavy atom. The van der Waals surface area contributed by atoms with Crippen molar-refractivity contribution in [2.75, 3.05) is 24.3 Å². The van der Waals surface area contributed by atoms with Gasteiger partial charge in [-0.1, -0.05) is 30.3 Å². The number of halogens is 1. The molecule has 0 aliphatic heterocycles. The first-order valence-electron chi connectivity index (χ1n) is 8.84. The molecule has 2 aromatic carbocycles. The van der Waals surface area contributed by atoms with E-state index in [-0.39, 0.29) is 5.82 Å². The lowest BCUT2D eigenvalue weighted by Crippen LogP contribution is -2.09. The summed E-state index contributed by atoms with van der Waals surface area (Å²) in [6, 6.07) is 16.3. The number of hydrogen-bond acceptors (Lipinski definition) is 5. The standard InChI is InChI=1S/C21H23FN4O/c1-15-25-20(23-12-11-16-7-9-18(22)10-8-16)13-21(26-15)24-14-17-5-3-4-6-19(17)27-2/h3-10,13H,11-12,14H2,1-2H3,(H2,23,24,25,26).